The quantitative estimate of drug-likeness (QED) is 0.751. The van der Waals surface area contributed by atoms with E-state index in [0.29, 0.717) is 6.42 Å². The Hall–Kier alpha value is -1.10. The molecule has 0 saturated carbocycles. The highest BCUT2D eigenvalue weighted by molar-refractivity contribution is 5.80. The molecule has 5 heteroatoms. The largest absolute Gasteiger partial charge is 0.370 e. The van der Waals surface area contributed by atoms with Crippen LogP contribution in [0.1, 0.15) is 33.6 Å². The van der Waals surface area contributed by atoms with Crippen molar-refractivity contribution in [3.8, 4) is 0 Å². The van der Waals surface area contributed by atoms with Crippen LogP contribution in [-0.4, -0.2) is 28.3 Å². The first-order chi connectivity index (χ1) is 6.93. The van der Waals surface area contributed by atoms with Crippen LogP contribution in [0.5, 0.6) is 0 Å². The van der Waals surface area contributed by atoms with E-state index in [4.69, 9.17) is 4.84 Å². The van der Waals surface area contributed by atoms with E-state index in [1.165, 1.54) is 0 Å². The van der Waals surface area contributed by atoms with Crippen LogP contribution < -0.4 is 0 Å². The van der Waals surface area contributed by atoms with Gasteiger partial charge in [-0.3, -0.25) is 4.79 Å². The molecule has 1 aliphatic rings. The number of hydroxylamine groups is 2. The molecule has 5 nitrogen and oxygen atoms in total. The van der Waals surface area contributed by atoms with Crippen molar-refractivity contribution >= 4 is 11.9 Å². The molecule has 0 aromatic heterocycles. The number of aliphatic hydroxyl groups excluding tert-OH is 1. The van der Waals surface area contributed by atoms with Crippen molar-refractivity contribution in [3.63, 3.8) is 0 Å². The van der Waals surface area contributed by atoms with E-state index in [1.807, 2.05) is 13.8 Å². The van der Waals surface area contributed by atoms with Gasteiger partial charge in [-0.1, -0.05) is 20.8 Å². The Morgan fingerprint density at radius 2 is 2.13 bits per heavy atom. The molecule has 1 amide bonds. The zero-order valence-corrected chi connectivity index (χ0v) is 9.27. The molecular formula is C10H17NO4. The van der Waals surface area contributed by atoms with Crippen LogP contribution >= 0.6 is 0 Å². The highest BCUT2D eigenvalue weighted by Gasteiger charge is 2.34. The maximum Gasteiger partial charge on any atom is 0.335 e. The van der Waals surface area contributed by atoms with Gasteiger partial charge >= 0.3 is 5.97 Å². The van der Waals surface area contributed by atoms with Crippen LogP contribution in [0.4, 0.5) is 0 Å². The van der Waals surface area contributed by atoms with Gasteiger partial charge in [0.2, 0.25) is 0 Å². The molecular weight excluding hydrogens is 198 g/mol. The normalized spacial score (nSPS) is 23.4. The fraction of sp³-hybridized carbons (Fsp3) is 0.800. The fourth-order valence-corrected chi connectivity index (χ4v) is 1.21. The molecule has 0 bridgehead atoms. The molecule has 0 aliphatic carbocycles. The minimum atomic E-state index is -0.985. The predicted octanol–water partition coefficient (Wildman–Crippen LogP) is 0.677. The number of carbonyl (C=O) groups excluding carboxylic acids is 2. The summed E-state index contributed by atoms with van der Waals surface area (Å²) in [7, 11) is 0. The summed E-state index contributed by atoms with van der Waals surface area (Å²) in [6.07, 6.45) is -0.437. The Morgan fingerprint density at radius 3 is 2.53 bits per heavy atom. The molecule has 2 atom stereocenters. The molecule has 1 saturated heterocycles. The summed E-state index contributed by atoms with van der Waals surface area (Å²) in [6.45, 7) is 5.53. The van der Waals surface area contributed by atoms with Crippen LogP contribution in [0.15, 0.2) is 0 Å². The van der Waals surface area contributed by atoms with Gasteiger partial charge in [-0.05, 0) is 5.92 Å². The number of carbonyl (C=O) groups is 2. The van der Waals surface area contributed by atoms with Crippen molar-refractivity contribution in [1.82, 2.24) is 5.06 Å². The summed E-state index contributed by atoms with van der Waals surface area (Å²) < 4.78 is 0. The molecule has 1 aliphatic heterocycles. The van der Waals surface area contributed by atoms with Crippen molar-refractivity contribution in [2.24, 2.45) is 11.8 Å². The van der Waals surface area contributed by atoms with Crippen LogP contribution in [0.2, 0.25) is 0 Å². The van der Waals surface area contributed by atoms with Gasteiger partial charge in [-0.2, -0.15) is 0 Å². The topological polar surface area (TPSA) is 66.8 Å². The lowest BCUT2D eigenvalue weighted by Crippen LogP contribution is -2.37. The standard InChI is InChI=1S/C10H17NO4/c1-6(2)7(3)10(14)15-11-8(12)4-5-9(11)13/h6-8,12H,4-5H2,1-3H3. The Labute approximate surface area is 89.0 Å². The van der Waals surface area contributed by atoms with Crippen molar-refractivity contribution in [1.29, 1.82) is 0 Å². The van der Waals surface area contributed by atoms with E-state index >= 15 is 0 Å². The van der Waals surface area contributed by atoms with Crippen LogP contribution in [0, 0.1) is 11.8 Å². The van der Waals surface area contributed by atoms with Gasteiger partial charge in [-0.15, -0.1) is 5.06 Å². The summed E-state index contributed by atoms with van der Waals surface area (Å²) >= 11 is 0. The first-order valence-corrected chi connectivity index (χ1v) is 5.15. The Bertz CT molecular complexity index is 264. The maximum atomic E-state index is 11.5. The van der Waals surface area contributed by atoms with E-state index in [9.17, 15) is 14.7 Å². The van der Waals surface area contributed by atoms with Gasteiger partial charge in [0.05, 0.1) is 5.92 Å². The highest BCUT2D eigenvalue weighted by atomic mass is 16.7. The highest BCUT2D eigenvalue weighted by Crippen LogP contribution is 2.19. The summed E-state index contributed by atoms with van der Waals surface area (Å²) in [5.41, 5.74) is 0. The molecule has 2 unspecified atom stereocenters. The zero-order chi connectivity index (χ0) is 11.6. The molecule has 1 rings (SSSR count). The van der Waals surface area contributed by atoms with Crippen molar-refractivity contribution in [3.05, 3.63) is 0 Å². The second-order valence-corrected chi connectivity index (χ2v) is 4.18. The Balaban J connectivity index is 2.54. The van der Waals surface area contributed by atoms with E-state index in [2.05, 4.69) is 0 Å². The average molecular weight is 215 g/mol. The van der Waals surface area contributed by atoms with Crippen molar-refractivity contribution in [2.45, 2.75) is 39.8 Å². The molecule has 0 aromatic rings. The summed E-state index contributed by atoms with van der Waals surface area (Å²) in [4.78, 5) is 27.6. The molecule has 1 N–H and O–H groups in total. The molecule has 0 radical (unpaired) electrons. The molecule has 0 spiro atoms. The molecule has 86 valence electrons. The third kappa shape index (κ3) is 2.68. The minimum Gasteiger partial charge on any atom is -0.370 e. The number of rotatable bonds is 3. The smallest absolute Gasteiger partial charge is 0.335 e. The Morgan fingerprint density at radius 1 is 1.53 bits per heavy atom. The van der Waals surface area contributed by atoms with Crippen LogP contribution in [0.25, 0.3) is 0 Å². The molecule has 1 heterocycles. The average Bonchev–Trinajstić information content (AvgIpc) is 2.47. The number of hydrogen-bond acceptors (Lipinski definition) is 4. The number of amides is 1. The summed E-state index contributed by atoms with van der Waals surface area (Å²) in [5.74, 6) is -0.955. The van der Waals surface area contributed by atoms with Gasteiger partial charge in [0.25, 0.3) is 5.91 Å². The second-order valence-electron chi connectivity index (χ2n) is 4.18. The number of nitrogens with zero attached hydrogens (tertiary/aromatic N) is 1. The maximum absolute atomic E-state index is 11.5. The number of aliphatic hydroxyl groups is 1. The fourth-order valence-electron chi connectivity index (χ4n) is 1.21. The van der Waals surface area contributed by atoms with Crippen molar-refractivity contribution in [2.75, 3.05) is 0 Å². The summed E-state index contributed by atoms with van der Waals surface area (Å²) in [5, 5.41) is 10.1. The van der Waals surface area contributed by atoms with Gasteiger partial charge in [0.15, 0.2) is 6.23 Å². The van der Waals surface area contributed by atoms with E-state index in [0.717, 1.165) is 5.06 Å². The lowest BCUT2D eigenvalue weighted by Gasteiger charge is -2.22. The van der Waals surface area contributed by atoms with Crippen molar-refractivity contribution < 1.29 is 19.5 Å². The van der Waals surface area contributed by atoms with Gasteiger partial charge in [0, 0.05) is 12.8 Å². The molecule has 15 heavy (non-hydrogen) atoms. The SMILES string of the molecule is CC(C)C(C)C(=O)ON1C(=O)CCC1O. The third-order valence-electron chi connectivity index (χ3n) is 2.69. The summed E-state index contributed by atoms with van der Waals surface area (Å²) in [6, 6.07) is 0. The third-order valence-corrected chi connectivity index (χ3v) is 2.69. The monoisotopic (exact) mass is 215 g/mol. The minimum absolute atomic E-state index is 0.146. The van der Waals surface area contributed by atoms with Gasteiger partial charge < -0.3 is 9.94 Å². The molecule has 0 aromatic carbocycles. The lowest BCUT2D eigenvalue weighted by atomic mass is 9.99. The second kappa shape index (κ2) is 4.61. The van der Waals surface area contributed by atoms with Crippen LogP contribution in [-0.2, 0) is 14.4 Å². The zero-order valence-electron chi connectivity index (χ0n) is 9.27. The number of hydrogen-bond donors (Lipinski definition) is 1. The van der Waals surface area contributed by atoms with E-state index in [1.54, 1.807) is 6.92 Å². The molecule has 1 fully saturated rings. The van der Waals surface area contributed by atoms with Crippen LogP contribution in [0.3, 0.4) is 0 Å². The van der Waals surface area contributed by atoms with E-state index < -0.39 is 12.2 Å². The van der Waals surface area contributed by atoms with Gasteiger partial charge in [-0.25, -0.2) is 4.79 Å². The Kier molecular flexibility index (Phi) is 3.68. The lowest BCUT2D eigenvalue weighted by molar-refractivity contribution is -0.224. The predicted molar refractivity (Wildman–Crippen MR) is 52.2 cm³/mol. The van der Waals surface area contributed by atoms with E-state index in [-0.39, 0.29) is 24.2 Å². The first kappa shape index (κ1) is 12.0. The first-order valence-electron chi connectivity index (χ1n) is 5.15. The van der Waals surface area contributed by atoms with Gasteiger partial charge in [0.1, 0.15) is 0 Å².